The molecule has 1 aliphatic rings. The van der Waals surface area contributed by atoms with E-state index in [0.29, 0.717) is 6.42 Å². The minimum atomic E-state index is -4.85. The molecule has 1 aliphatic carbocycles. The Bertz CT molecular complexity index is 791. The van der Waals surface area contributed by atoms with Crippen molar-refractivity contribution in [3.8, 4) is 0 Å². The summed E-state index contributed by atoms with van der Waals surface area (Å²) < 4.78 is 12.6. The number of hydrogen-bond acceptors (Lipinski definition) is 4. The van der Waals surface area contributed by atoms with Crippen molar-refractivity contribution >= 4 is 19.5 Å². The van der Waals surface area contributed by atoms with Gasteiger partial charge in [0.15, 0.2) is 0 Å². The number of amides is 1. The van der Waals surface area contributed by atoms with Gasteiger partial charge in [0.25, 0.3) is 0 Å². The lowest BCUT2D eigenvalue weighted by Gasteiger charge is -2.37. The van der Waals surface area contributed by atoms with Gasteiger partial charge in [0.2, 0.25) is 5.91 Å². The Kier molecular flexibility index (Phi) is 9.89. The van der Waals surface area contributed by atoms with E-state index in [4.69, 9.17) is 5.73 Å². The minimum absolute atomic E-state index is 0.176. The number of benzene rings is 1. The van der Waals surface area contributed by atoms with E-state index in [2.05, 4.69) is 5.32 Å². The highest BCUT2D eigenvalue weighted by molar-refractivity contribution is 7.52. The molecule has 3 unspecified atom stereocenters. The molecule has 1 saturated carbocycles. The Hall–Kier alpha value is -1.73. The lowest BCUT2D eigenvalue weighted by atomic mass is 9.80. The van der Waals surface area contributed by atoms with Gasteiger partial charge in [0, 0.05) is 6.04 Å². The molecule has 0 aromatic heterocycles. The van der Waals surface area contributed by atoms with Crippen LogP contribution in [0.1, 0.15) is 57.9 Å². The van der Waals surface area contributed by atoms with Crippen LogP contribution in [0.2, 0.25) is 0 Å². The molecule has 32 heavy (non-hydrogen) atoms. The van der Waals surface area contributed by atoms with E-state index in [1.165, 1.54) is 0 Å². The van der Waals surface area contributed by atoms with Crippen LogP contribution < -0.4 is 11.1 Å². The molecule has 6 N–H and O–H groups in total. The number of aliphatic carboxylic acids is 1. The molecule has 1 aromatic carbocycles. The number of carbonyl (C=O) groups excluding carboxylic acids is 1. The molecule has 2 rings (SSSR count). The molecule has 1 aromatic rings. The lowest BCUT2D eigenvalue weighted by molar-refractivity contribution is -0.144. The number of carboxylic acid groups (broad SMARTS) is 1. The topological polar surface area (TPSA) is 150 Å². The summed E-state index contributed by atoms with van der Waals surface area (Å²) in [5.41, 5.74) is 5.47. The highest BCUT2D eigenvalue weighted by atomic mass is 31.2. The van der Waals surface area contributed by atoms with Crippen molar-refractivity contribution in [2.45, 2.75) is 76.5 Å². The SMILES string of the molecule is CC(C)C(C(=O)O)C(C(CC1CCCCC1)NC(=O)[C@@H](N)Cc1ccccc1)P(=O)(O)O. The largest absolute Gasteiger partial charge is 0.481 e. The Labute approximate surface area is 190 Å². The van der Waals surface area contributed by atoms with Gasteiger partial charge >= 0.3 is 13.6 Å². The van der Waals surface area contributed by atoms with Gasteiger partial charge in [-0.25, -0.2) is 0 Å². The van der Waals surface area contributed by atoms with Crippen LogP contribution in [0.15, 0.2) is 30.3 Å². The van der Waals surface area contributed by atoms with E-state index in [-0.39, 0.29) is 12.3 Å². The molecule has 0 aliphatic heterocycles. The minimum Gasteiger partial charge on any atom is -0.481 e. The fourth-order valence-electron chi connectivity index (χ4n) is 4.84. The number of nitrogens with two attached hydrogens (primary N) is 1. The molecule has 0 saturated heterocycles. The average Bonchev–Trinajstić information content (AvgIpc) is 2.71. The van der Waals surface area contributed by atoms with Gasteiger partial charge in [0.1, 0.15) is 0 Å². The second kappa shape index (κ2) is 11.9. The summed E-state index contributed by atoms with van der Waals surface area (Å²) in [5.74, 6) is -3.44. The van der Waals surface area contributed by atoms with Crippen LogP contribution in [-0.2, 0) is 20.6 Å². The summed E-state index contributed by atoms with van der Waals surface area (Å²) in [6, 6.07) is 7.36. The summed E-state index contributed by atoms with van der Waals surface area (Å²) in [5, 5.41) is 12.6. The molecule has 180 valence electrons. The fourth-order valence-corrected chi connectivity index (χ4v) is 6.39. The molecular weight excluding hydrogens is 431 g/mol. The number of carboxylic acids is 1. The Balaban J connectivity index is 2.30. The Morgan fingerprint density at radius 2 is 1.72 bits per heavy atom. The van der Waals surface area contributed by atoms with E-state index in [9.17, 15) is 29.0 Å². The first-order chi connectivity index (χ1) is 15.0. The third-order valence-electron chi connectivity index (χ3n) is 6.45. The van der Waals surface area contributed by atoms with E-state index in [1.807, 2.05) is 30.3 Å². The molecular formula is C23H37N2O6P. The lowest BCUT2D eigenvalue weighted by Crippen LogP contribution is -2.54. The van der Waals surface area contributed by atoms with Crippen LogP contribution in [-0.4, -0.2) is 44.5 Å². The normalized spacial score (nSPS) is 19.2. The summed E-state index contributed by atoms with van der Waals surface area (Å²) in [6.45, 7) is 3.25. The van der Waals surface area contributed by atoms with Crippen LogP contribution in [0.3, 0.4) is 0 Å². The van der Waals surface area contributed by atoms with Gasteiger partial charge in [-0.3, -0.25) is 14.2 Å². The van der Waals surface area contributed by atoms with Crippen molar-refractivity contribution in [2.24, 2.45) is 23.5 Å². The van der Waals surface area contributed by atoms with Gasteiger partial charge in [-0.1, -0.05) is 76.3 Å². The zero-order valence-electron chi connectivity index (χ0n) is 18.9. The van der Waals surface area contributed by atoms with Crippen molar-refractivity contribution < 1.29 is 29.0 Å². The molecule has 1 fully saturated rings. The first-order valence-electron chi connectivity index (χ1n) is 11.4. The highest BCUT2D eigenvalue weighted by Gasteiger charge is 2.48. The summed E-state index contributed by atoms with van der Waals surface area (Å²) in [4.78, 5) is 45.4. The second-order valence-corrected chi connectivity index (χ2v) is 11.1. The monoisotopic (exact) mass is 468 g/mol. The number of rotatable bonds is 11. The zero-order valence-corrected chi connectivity index (χ0v) is 19.8. The molecule has 4 atom stereocenters. The van der Waals surface area contributed by atoms with Crippen molar-refractivity contribution in [3.63, 3.8) is 0 Å². The van der Waals surface area contributed by atoms with E-state index >= 15 is 0 Å². The highest BCUT2D eigenvalue weighted by Crippen LogP contribution is 2.50. The number of carbonyl (C=O) groups is 2. The van der Waals surface area contributed by atoms with Crippen LogP contribution in [0.25, 0.3) is 0 Å². The van der Waals surface area contributed by atoms with Gasteiger partial charge in [-0.05, 0) is 30.2 Å². The van der Waals surface area contributed by atoms with Crippen molar-refractivity contribution in [1.82, 2.24) is 5.32 Å². The molecule has 8 nitrogen and oxygen atoms in total. The summed E-state index contributed by atoms with van der Waals surface area (Å²) in [6.07, 6.45) is 5.55. The maximum absolute atomic E-state index is 13.0. The van der Waals surface area contributed by atoms with Crippen molar-refractivity contribution in [1.29, 1.82) is 0 Å². The van der Waals surface area contributed by atoms with E-state index in [0.717, 1.165) is 37.7 Å². The molecule has 9 heteroatoms. The molecule has 0 bridgehead atoms. The maximum atomic E-state index is 13.0. The maximum Gasteiger partial charge on any atom is 0.331 e. The van der Waals surface area contributed by atoms with Crippen LogP contribution >= 0.6 is 7.60 Å². The standard InChI is InChI=1S/C23H37N2O6P/c1-15(2)20(23(27)28)21(32(29,30)31)19(14-17-11-7-4-8-12-17)25-22(26)18(24)13-16-9-5-3-6-10-16/h3,5-6,9-10,15,17-21H,4,7-8,11-14,24H2,1-2H3,(H,25,26)(H,27,28)(H2,29,30,31)/t18-,19?,20?,21?/m0/s1. The smallest absolute Gasteiger partial charge is 0.331 e. The van der Waals surface area contributed by atoms with E-state index < -0.39 is 49.1 Å². The predicted octanol–water partition coefficient (Wildman–Crippen LogP) is 2.91. The zero-order chi connectivity index (χ0) is 23.9. The van der Waals surface area contributed by atoms with Crippen LogP contribution in [0, 0.1) is 17.8 Å². The van der Waals surface area contributed by atoms with Gasteiger partial charge in [0.05, 0.1) is 17.6 Å². The quantitative estimate of drug-likeness (QED) is 0.313. The molecule has 1 amide bonds. The predicted molar refractivity (Wildman–Crippen MR) is 123 cm³/mol. The third kappa shape index (κ3) is 7.69. The Morgan fingerprint density at radius 3 is 2.22 bits per heavy atom. The first-order valence-corrected chi connectivity index (χ1v) is 13.1. The average molecular weight is 469 g/mol. The number of hydrogen-bond donors (Lipinski definition) is 5. The van der Waals surface area contributed by atoms with Crippen LogP contribution in [0.4, 0.5) is 0 Å². The fraction of sp³-hybridized carbons (Fsp3) is 0.652. The summed E-state index contributed by atoms with van der Waals surface area (Å²) in [7, 11) is -4.85. The van der Waals surface area contributed by atoms with Crippen molar-refractivity contribution in [3.05, 3.63) is 35.9 Å². The first kappa shape index (κ1) is 26.5. The Morgan fingerprint density at radius 1 is 1.12 bits per heavy atom. The molecule has 0 radical (unpaired) electrons. The summed E-state index contributed by atoms with van der Waals surface area (Å²) >= 11 is 0. The molecule has 0 heterocycles. The van der Waals surface area contributed by atoms with Gasteiger partial charge in [-0.15, -0.1) is 0 Å². The molecule has 0 spiro atoms. The van der Waals surface area contributed by atoms with Gasteiger partial charge < -0.3 is 25.9 Å². The van der Waals surface area contributed by atoms with E-state index in [1.54, 1.807) is 13.8 Å². The van der Waals surface area contributed by atoms with Crippen molar-refractivity contribution in [2.75, 3.05) is 0 Å². The second-order valence-electron chi connectivity index (χ2n) is 9.34. The van der Waals surface area contributed by atoms with Crippen LogP contribution in [0.5, 0.6) is 0 Å². The van der Waals surface area contributed by atoms with Gasteiger partial charge in [-0.2, -0.15) is 0 Å². The third-order valence-corrected chi connectivity index (χ3v) is 7.90. The number of nitrogens with one attached hydrogen (secondary N) is 1.